The lowest BCUT2D eigenvalue weighted by Crippen LogP contribution is -2.02. The van der Waals surface area contributed by atoms with Gasteiger partial charge < -0.3 is 0 Å². The van der Waals surface area contributed by atoms with Gasteiger partial charge >= 0.3 is 0 Å². The molecule has 0 saturated carbocycles. The fourth-order valence-corrected chi connectivity index (χ4v) is 2.54. The quantitative estimate of drug-likeness (QED) is 0.638. The van der Waals surface area contributed by atoms with Gasteiger partial charge in [0.15, 0.2) is 0 Å². The maximum Gasteiger partial charge on any atom is 0.134 e. The molecule has 0 aliphatic heterocycles. The topological polar surface area (TPSA) is 0 Å². The van der Waals surface area contributed by atoms with Gasteiger partial charge in [-0.1, -0.05) is 60.7 Å². The van der Waals surface area contributed by atoms with Gasteiger partial charge in [-0.05, 0) is 28.7 Å². The van der Waals surface area contributed by atoms with E-state index < -0.39 is 11.6 Å². The molecular formula is C20H15F2. The minimum Gasteiger partial charge on any atom is -0.207 e. The van der Waals surface area contributed by atoms with Gasteiger partial charge in [-0.15, -0.1) is 0 Å². The molecule has 0 bridgehead atoms. The molecule has 0 fully saturated rings. The zero-order valence-electron chi connectivity index (χ0n) is 12.0. The van der Waals surface area contributed by atoms with Gasteiger partial charge in [-0.25, -0.2) is 8.78 Å². The Bertz CT molecular complexity index is 749. The summed E-state index contributed by atoms with van der Waals surface area (Å²) in [6.07, 6.45) is 0.906. The van der Waals surface area contributed by atoms with E-state index in [0.717, 1.165) is 17.2 Å². The first kappa shape index (κ1) is 14.5. The van der Waals surface area contributed by atoms with E-state index >= 15 is 0 Å². The molecule has 0 unspecified atom stereocenters. The summed E-state index contributed by atoms with van der Waals surface area (Å²) in [5.41, 5.74) is 3.10. The van der Waals surface area contributed by atoms with Crippen LogP contribution in [0.15, 0.2) is 66.7 Å². The van der Waals surface area contributed by atoms with Gasteiger partial charge in [-0.3, -0.25) is 0 Å². The lowest BCUT2D eigenvalue weighted by Gasteiger charge is -2.11. The normalized spacial score (nSPS) is 10.6. The van der Waals surface area contributed by atoms with E-state index in [1.165, 1.54) is 0 Å². The first-order valence-electron chi connectivity index (χ1n) is 7.19. The van der Waals surface area contributed by atoms with Crippen LogP contribution in [0.4, 0.5) is 8.78 Å². The Hall–Kier alpha value is -2.48. The standard InChI is InChI=1S/C20H15F2/c21-18-13-17(11-15-7-3-1-4-8-15)19(20(22)14-18)12-16-9-5-2-6-10-16/h1-10,14H,11-12H2. The summed E-state index contributed by atoms with van der Waals surface area (Å²) in [6.45, 7) is 0. The molecule has 0 saturated heterocycles. The molecule has 0 amide bonds. The number of halogens is 2. The highest BCUT2D eigenvalue weighted by molar-refractivity contribution is 5.37. The lowest BCUT2D eigenvalue weighted by atomic mass is 9.94. The molecule has 3 rings (SSSR count). The summed E-state index contributed by atoms with van der Waals surface area (Å²) in [6, 6.07) is 22.9. The van der Waals surface area contributed by atoms with Crippen LogP contribution in [0.1, 0.15) is 22.3 Å². The van der Waals surface area contributed by atoms with Crippen molar-refractivity contribution in [1.82, 2.24) is 0 Å². The van der Waals surface area contributed by atoms with Crippen LogP contribution in [0, 0.1) is 17.7 Å². The Morgan fingerprint density at radius 1 is 0.727 bits per heavy atom. The first-order valence-corrected chi connectivity index (χ1v) is 7.19. The molecule has 0 N–H and O–H groups in total. The highest BCUT2D eigenvalue weighted by Gasteiger charge is 2.13. The minimum atomic E-state index is -0.653. The summed E-state index contributed by atoms with van der Waals surface area (Å²) in [5.74, 6) is -1.16. The third kappa shape index (κ3) is 3.40. The molecule has 22 heavy (non-hydrogen) atoms. The fraction of sp³-hybridized carbons (Fsp3) is 0.100. The SMILES string of the molecule is Fc1[c]c(Cc2ccccc2)c(Cc2ccccc2)c(F)c1. The number of hydrogen-bond acceptors (Lipinski definition) is 0. The van der Waals surface area contributed by atoms with Crippen molar-refractivity contribution in [3.8, 4) is 0 Å². The minimum absolute atomic E-state index is 0.436. The second kappa shape index (κ2) is 6.52. The van der Waals surface area contributed by atoms with E-state index in [4.69, 9.17) is 0 Å². The van der Waals surface area contributed by atoms with Crippen LogP contribution in [-0.4, -0.2) is 0 Å². The van der Waals surface area contributed by atoms with Gasteiger partial charge in [0.25, 0.3) is 0 Å². The van der Waals surface area contributed by atoms with Crippen molar-refractivity contribution in [3.63, 3.8) is 0 Å². The molecular weight excluding hydrogens is 278 g/mol. The monoisotopic (exact) mass is 293 g/mol. The third-order valence-electron chi connectivity index (χ3n) is 3.62. The Labute approximate surface area is 129 Å². The van der Waals surface area contributed by atoms with E-state index in [-0.39, 0.29) is 0 Å². The molecule has 109 valence electrons. The summed E-state index contributed by atoms with van der Waals surface area (Å²) >= 11 is 0. The van der Waals surface area contributed by atoms with Crippen LogP contribution >= 0.6 is 0 Å². The van der Waals surface area contributed by atoms with Crippen LogP contribution < -0.4 is 0 Å². The molecule has 0 spiro atoms. The number of rotatable bonds is 4. The highest BCUT2D eigenvalue weighted by Crippen LogP contribution is 2.22. The Morgan fingerprint density at radius 2 is 1.27 bits per heavy atom. The fourth-order valence-electron chi connectivity index (χ4n) is 2.54. The molecule has 0 heterocycles. The Balaban J connectivity index is 1.97. The average Bonchev–Trinajstić information content (AvgIpc) is 2.53. The van der Waals surface area contributed by atoms with Crippen molar-refractivity contribution in [2.24, 2.45) is 0 Å². The molecule has 3 aromatic carbocycles. The molecule has 0 aliphatic carbocycles. The predicted octanol–water partition coefficient (Wildman–Crippen LogP) is 4.95. The third-order valence-corrected chi connectivity index (χ3v) is 3.62. The van der Waals surface area contributed by atoms with E-state index in [9.17, 15) is 8.78 Å². The zero-order valence-corrected chi connectivity index (χ0v) is 12.0. The van der Waals surface area contributed by atoms with Crippen molar-refractivity contribution in [2.75, 3.05) is 0 Å². The van der Waals surface area contributed by atoms with Crippen LogP contribution in [0.2, 0.25) is 0 Å². The van der Waals surface area contributed by atoms with Crippen LogP contribution in [0.25, 0.3) is 0 Å². The second-order valence-electron chi connectivity index (χ2n) is 5.25. The van der Waals surface area contributed by atoms with Gasteiger partial charge in [0.2, 0.25) is 0 Å². The lowest BCUT2D eigenvalue weighted by molar-refractivity contribution is 0.569. The smallest absolute Gasteiger partial charge is 0.134 e. The largest absolute Gasteiger partial charge is 0.207 e. The average molecular weight is 293 g/mol. The molecule has 2 heteroatoms. The van der Waals surface area contributed by atoms with Crippen molar-refractivity contribution < 1.29 is 8.78 Å². The second-order valence-corrected chi connectivity index (χ2v) is 5.25. The molecule has 0 nitrogen and oxygen atoms in total. The Kier molecular flexibility index (Phi) is 4.29. The summed E-state index contributed by atoms with van der Waals surface area (Å²) in [7, 11) is 0. The predicted molar refractivity (Wildman–Crippen MR) is 83.7 cm³/mol. The van der Waals surface area contributed by atoms with Crippen molar-refractivity contribution in [3.05, 3.63) is 107 Å². The molecule has 0 aromatic heterocycles. The van der Waals surface area contributed by atoms with Crippen molar-refractivity contribution >= 4 is 0 Å². The van der Waals surface area contributed by atoms with E-state index in [1.807, 2.05) is 60.7 Å². The van der Waals surface area contributed by atoms with Crippen LogP contribution in [0.5, 0.6) is 0 Å². The highest BCUT2D eigenvalue weighted by atomic mass is 19.1. The van der Waals surface area contributed by atoms with Crippen LogP contribution in [0.3, 0.4) is 0 Å². The number of benzene rings is 3. The molecule has 0 aliphatic rings. The van der Waals surface area contributed by atoms with Crippen LogP contribution in [-0.2, 0) is 12.8 Å². The zero-order chi connectivity index (χ0) is 15.4. The van der Waals surface area contributed by atoms with Gasteiger partial charge in [-0.2, -0.15) is 0 Å². The summed E-state index contributed by atoms with van der Waals surface area (Å²) in [5, 5.41) is 0. The maximum absolute atomic E-state index is 14.2. The molecule has 0 atom stereocenters. The van der Waals surface area contributed by atoms with Crippen molar-refractivity contribution in [1.29, 1.82) is 0 Å². The maximum atomic E-state index is 14.2. The van der Waals surface area contributed by atoms with E-state index in [0.29, 0.717) is 24.0 Å². The summed E-state index contributed by atoms with van der Waals surface area (Å²) < 4.78 is 27.8. The van der Waals surface area contributed by atoms with Gasteiger partial charge in [0.05, 0.1) is 0 Å². The first-order chi connectivity index (χ1) is 10.7. The summed E-state index contributed by atoms with van der Waals surface area (Å²) in [4.78, 5) is 0. The molecule has 3 aromatic rings. The van der Waals surface area contributed by atoms with Crippen molar-refractivity contribution in [2.45, 2.75) is 12.8 Å². The number of hydrogen-bond donors (Lipinski definition) is 0. The van der Waals surface area contributed by atoms with Gasteiger partial charge in [0.1, 0.15) is 11.6 Å². The van der Waals surface area contributed by atoms with E-state index in [2.05, 4.69) is 6.07 Å². The van der Waals surface area contributed by atoms with Gasteiger partial charge in [0, 0.05) is 18.6 Å². The van der Waals surface area contributed by atoms with E-state index in [1.54, 1.807) is 0 Å². The molecule has 1 radical (unpaired) electrons. The Morgan fingerprint density at radius 3 is 1.86 bits per heavy atom.